The van der Waals surface area contributed by atoms with E-state index in [2.05, 4.69) is 9.64 Å². The smallest absolute Gasteiger partial charge is 0.406 e. The first-order valence-corrected chi connectivity index (χ1v) is 17.3. The fourth-order valence-electron chi connectivity index (χ4n) is 7.60. The number of hydrogen-bond acceptors (Lipinski definition) is 5. The third-order valence-corrected chi connectivity index (χ3v) is 10.6. The van der Waals surface area contributed by atoms with E-state index in [1.165, 1.54) is 25.0 Å². The molecule has 0 N–H and O–H groups in total. The van der Waals surface area contributed by atoms with Crippen LogP contribution in [0.3, 0.4) is 0 Å². The number of nitrogens with zero attached hydrogens (tertiary/aromatic N) is 3. The summed E-state index contributed by atoms with van der Waals surface area (Å²) in [5.74, 6) is 0.430. The van der Waals surface area contributed by atoms with Crippen molar-refractivity contribution in [2.45, 2.75) is 64.9 Å². The molecule has 1 saturated carbocycles. The lowest BCUT2D eigenvalue weighted by molar-refractivity contribution is -0.274. The Balaban J connectivity index is 1.01. The van der Waals surface area contributed by atoms with Gasteiger partial charge in [0.05, 0.1) is 0 Å². The van der Waals surface area contributed by atoms with Crippen molar-refractivity contribution < 1.29 is 32.3 Å². The van der Waals surface area contributed by atoms with E-state index in [0.29, 0.717) is 57.0 Å². The number of halogens is 3. The molecule has 260 valence electrons. The monoisotopic (exact) mass is 675 g/mol. The second kappa shape index (κ2) is 14.7. The van der Waals surface area contributed by atoms with Crippen LogP contribution in [0.1, 0.15) is 77.3 Å². The minimum absolute atomic E-state index is 0.0247. The van der Waals surface area contributed by atoms with Crippen LogP contribution in [-0.4, -0.2) is 71.4 Å². The van der Waals surface area contributed by atoms with Crippen LogP contribution in [0.2, 0.25) is 0 Å². The van der Waals surface area contributed by atoms with Crippen molar-refractivity contribution in [3.63, 3.8) is 0 Å². The molecule has 0 aromatic heterocycles. The zero-order valence-corrected chi connectivity index (χ0v) is 28.0. The Labute approximate surface area is 286 Å². The molecule has 0 atom stereocenters. The van der Waals surface area contributed by atoms with Crippen LogP contribution < -0.4 is 4.74 Å². The number of ketones is 1. The highest BCUT2D eigenvalue weighted by molar-refractivity contribution is 5.98. The average Bonchev–Trinajstić information content (AvgIpc) is 3.96. The SMILES string of the molecule is CC(=O)N(Cc1ccc(C(=O)N2CCC(C(=O)c3ccccc3)CC2)cc1)CC1(C2CC2)CCN(Cc2ccc(OC(F)(F)F)cc2)CC1. The molecule has 49 heavy (non-hydrogen) atoms. The Morgan fingerprint density at radius 3 is 1.98 bits per heavy atom. The molecule has 3 aromatic rings. The predicted molar refractivity (Wildman–Crippen MR) is 180 cm³/mol. The van der Waals surface area contributed by atoms with Crippen molar-refractivity contribution in [1.82, 2.24) is 14.7 Å². The van der Waals surface area contributed by atoms with Gasteiger partial charge in [-0.15, -0.1) is 13.2 Å². The molecule has 3 aromatic carbocycles. The summed E-state index contributed by atoms with van der Waals surface area (Å²) in [5.41, 5.74) is 3.27. The van der Waals surface area contributed by atoms with Gasteiger partial charge in [0.1, 0.15) is 5.75 Å². The first kappa shape index (κ1) is 34.7. The third-order valence-electron chi connectivity index (χ3n) is 10.6. The lowest BCUT2D eigenvalue weighted by Crippen LogP contribution is -2.48. The molecule has 0 radical (unpaired) electrons. The van der Waals surface area contributed by atoms with Gasteiger partial charge < -0.3 is 14.5 Å². The van der Waals surface area contributed by atoms with Gasteiger partial charge in [-0.3, -0.25) is 19.3 Å². The Kier molecular flexibility index (Phi) is 10.4. The molecule has 0 unspecified atom stereocenters. The van der Waals surface area contributed by atoms with Crippen molar-refractivity contribution in [3.8, 4) is 5.75 Å². The van der Waals surface area contributed by atoms with Crippen molar-refractivity contribution in [2.75, 3.05) is 32.7 Å². The molecule has 0 bridgehead atoms. The van der Waals surface area contributed by atoms with E-state index in [1.807, 2.05) is 64.4 Å². The van der Waals surface area contributed by atoms with E-state index in [4.69, 9.17) is 0 Å². The molecule has 3 fully saturated rings. The molecule has 10 heteroatoms. The van der Waals surface area contributed by atoms with E-state index in [9.17, 15) is 27.6 Å². The molecule has 1 aliphatic carbocycles. The fraction of sp³-hybridized carbons (Fsp3) is 0.462. The average molecular weight is 676 g/mol. The van der Waals surface area contributed by atoms with Crippen LogP contribution in [0.5, 0.6) is 5.75 Å². The van der Waals surface area contributed by atoms with Gasteiger partial charge >= 0.3 is 6.36 Å². The second-order valence-electron chi connectivity index (χ2n) is 14.0. The molecule has 7 nitrogen and oxygen atoms in total. The highest BCUT2D eigenvalue weighted by atomic mass is 19.4. The van der Waals surface area contributed by atoms with E-state index in [1.54, 1.807) is 19.1 Å². The topological polar surface area (TPSA) is 70.2 Å². The fourth-order valence-corrected chi connectivity index (χ4v) is 7.60. The van der Waals surface area contributed by atoms with Crippen LogP contribution in [0.25, 0.3) is 0 Å². The molecule has 2 amide bonds. The van der Waals surface area contributed by atoms with Gasteiger partial charge in [-0.2, -0.15) is 0 Å². The minimum atomic E-state index is -4.71. The lowest BCUT2D eigenvalue weighted by atomic mass is 9.73. The highest BCUT2D eigenvalue weighted by Gasteiger charge is 2.48. The molecule has 6 rings (SSSR count). The number of Topliss-reactive ketones (excluding diaryl/α,β-unsaturated/α-hetero) is 1. The molecule has 2 heterocycles. The number of alkyl halides is 3. The van der Waals surface area contributed by atoms with Gasteiger partial charge in [-0.05, 0) is 98.3 Å². The normalized spacial score (nSPS) is 18.6. The molecule has 2 saturated heterocycles. The van der Waals surface area contributed by atoms with Gasteiger partial charge in [0.25, 0.3) is 5.91 Å². The number of amides is 2. The maximum Gasteiger partial charge on any atom is 0.573 e. The summed E-state index contributed by atoms with van der Waals surface area (Å²) in [6, 6.07) is 23.0. The van der Waals surface area contributed by atoms with Gasteiger partial charge in [-0.25, -0.2) is 0 Å². The maximum atomic E-state index is 13.3. The first-order valence-electron chi connectivity index (χ1n) is 17.3. The van der Waals surface area contributed by atoms with E-state index >= 15 is 0 Å². The second-order valence-corrected chi connectivity index (χ2v) is 14.0. The largest absolute Gasteiger partial charge is 0.573 e. The Morgan fingerprint density at radius 2 is 1.41 bits per heavy atom. The van der Waals surface area contributed by atoms with Crippen molar-refractivity contribution in [2.24, 2.45) is 17.3 Å². The standard InChI is InChI=1S/C39H44F3N3O4/c1-28(46)45(27-38(34-13-14-34)19-23-43(24-20-38)25-29-9-15-35(16-10-29)49-39(40,41)42)26-30-7-11-33(12-8-30)37(48)44-21-17-32(18-22-44)36(47)31-5-3-2-4-6-31/h2-12,15-16,32,34H,13-14,17-27H2,1H3. The van der Waals surface area contributed by atoms with Gasteiger partial charge in [0, 0.05) is 56.7 Å². The number of ether oxygens (including phenoxy) is 1. The number of hydrogen-bond donors (Lipinski definition) is 0. The number of carbonyl (C=O) groups is 3. The zero-order valence-electron chi connectivity index (χ0n) is 28.0. The molecular weight excluding hydrogens is 631 g/mol. The summed E-state index contributed by atoms with van der Waals surface area (Å²) in [6.07, 6.45) is 0.846. The summed E-state index contributed by atoms with van der Waals surface area (Å²) in [4.78, 5) is 45.2. The number of rotatable bonds is 11. The van der Waals surface area contributed by atoms with Gasteiger partial charge in [-0.1, -0.05) is 54.6 Å². The number of piperidine rings is 2. The van der Waals surface area contributed by atoms with Crippen molar-refractivity contribution in [3.05, 3.63) is 101 Å². The highest BCUT2D eigenvalue weighted by Crippen LogP contribution is 2.52. The number of benzene rings is 3. The molecule has 3 aliphatic rings. The number of likely N-dealkylation sites (tertiary alicyclic amines) is 2. The van der Waals surface area contributed by atoms with E-state index in [-0.39, 0.29) is 34.7 Å². The zero-order chi connectivity index (χ0) is 34.6. The predicted octanol–water partition coefficient (Wildman–Crippen LogP) is 7.36. The Bertz CT molecular complexity index is 1590. The van der Waals surface area contributed by atoms with E-state index < -0.39 is 6.36 Å². The summed E-state index contributed by atoms with van der Waals surface area (Å²) in [5, 5.41) is 0. The molecule has 0 spiro atoms. The van der Waals surface area contributed by atoms with Crippen LogP contribution in [0, 0.1) is 17.3 Å². The summed E-state index contributed by atoms with van der Waals surface area (Å²) < 4.78 is 41.6. The Hall–Kier alpha value is -4.18. The third kappa shape index (κ3) is 8.90. The first-order chi connectivity index (χ1) is 23.5. The van der Waals surface area contributed by atoms with Gasteiger partial charge in [0.15, 0.2) is 5.78 Å². The van der Waals surface area contributed by atoms with Crippen molar-refractivity contribution >= 4 is 17.6 Å². The van der Waals surface area contributed by atoms with Crippen molar-refractivity contribution in [1.29, 1.82) is 0 Å². The van der Waals surface area contributed by atoms with Crippen LogP contribution >= 0.6 is 0 Å². The molecule has 2 aliphatic heterocycles. The van der Waals surface area contributed by atoms with Crippen LogP contribution in [0.15, 0.2) is 78.9 Å². The van der Waals surface area contributed by atoms with Crippen LogP contribution in [0.4, 0.5) is 13.2 Å². The van der Waals surface area contributed by atoms with E-state index in [0.717, 1.165) is 42.6 Å². The summed E-state index contributed by atoms with van der Waals surface area (Å²) in [6.45, 7) is 6.24. The lowest BCUT2D eigenvalue weighted by Gasteiger charge is -2.45. The number of carbonyl (C=O) groups excluding carboxylic acids is 3. The van der Waals surface area contributed by atoms with Gasteiger partial charge in [0.2, 0.25) is 5.91 Å². The Morgan fingerprint density at radius 1 is 0.796 bits per heavy atom. The summed E-state index contributed by atoms with van der Waals surface area (Å²) in [7, 11) is 0. The summed E-state index contributed by atoms with van der Waals surface area (Å²) >= 11 is 0. The molecular formula is C39H44F3N3O4. The quantitative estimate of drug-likeness (QED) is 0.199. The van der Waals surface area contributed by atoms with Crippen LogP contribution in [-0.2, 0) is 17.9 Å². The minimum Gasteiger partial charge on any atom is -0.406 e. The maximum absolute atomic E-state index is 13.3.